The SMILES string of the molecule is O=C(N[C@@H](c1ccccn1)C1CC(O)C1)c1cnc2ccccc2n1. The molecule has 1 saturated carbocycles. The minimum absolute atomic E-state index is 0.169. The summed E-state index contributed by atoms with van der Waals surface area (Å²) in [4.78, 5) is 25.8. The van der Waals surface area contributed by atoms with Gasteiger partial charge in [-0.05, 0) is 43.0 Å². The molecule has 1 amide bonds. The van der Waals surface area contributed by atoms with Crippen molar-refractivity contribution in [2.24, 2.45) is 5.92 Å². The molecular formula is C19H18N4O2. The Morgan fingerprint density at radius 1 is 1.08 bits per heavy atom. The third-order valence-corrected chi connectivity index (χ3v) is 4.60. The van der Waals surface area contributed by atoms with Crippen LogP contribution in [0.3, 0.4) is 0 Å². The van der Waals surface area contributed by atoms with Gasteiger partial charge in [-0.1, -0.05) is 18.2 Å². The summed E-state index contributed by atoms with van der Waals surface area (Å²) in [5.41, 5.74) is 2.51. The molecule has 126 valence electrons. The van der Waals surface area contributed by atoms with Crippen molar-refractivity contribution in [1.29, 1.82) is 0 Å². The average Bonchev–Trinajstić information content (AvgIpc) is 2.64. The van der Waals surface area contributed by atoms with Crippen LogP contribution in [0.4, 0.5) is 0 Å². The van der Waals surface area contributed by atoms with Crippen molar-refractivity contribution in [2.45, 2.75) is 25.0 Å². The molecule has 6 nitrogen and oxygen atoms in total. The molecule has 1 atom stereocenters. The van der Waals surface area contributed by atoms with Crippen LogP contribution in [-0.4, -0.2) is 32.1 Å². The first-order valence-electron chi connectivity index (χ1n) is 8.32. The molecule has 0 spiro atoms. The number of pyridine rings is 1. The van der Waals surface area contributed by atoms with Crippen LogP contribution in [0.5, 0.6) is 0 Å². The first-order chi connectivity index (χ1) is 12.2. The monoisotopic (exact) mass is 334 g/mol. The highest BCUT2D eigenvalue weighted by Gasteiger charge is 2.36. The van der Waals surface area contributed by atoms with E-state index >= 15 is 0 Å². The quantitative estimate of drug-likeness (QED) is 0.764. The maximum Gasteiger partial charge on any atom is 0.272 e. The molecule has 1 aliphatic carbocycles. The van der Waals surface area contributed by atoms with E-state index in [9.17, 15) is 9.90 Å². The van der Waals surface area contributed by atoms with E-state index < -0.39 is 0 Å². The smallest absolute Gasteiger partial charge is 0.272 e. The van der Waals surface area contributed by atoms with Crippen molar-refractivity contribution in [3.63, 3.8) is 0 Å². The predicted octanol–water partition coefficient (Wildman–Crippen LogP) is 2.27. The molecule has 4 rings (SSSR count). The number of aromatic nitrogens is 3. The molecule has 0 bridgehead atoms. The molecule has 25 heavy (non-hydrogen) atoms. The predicted molar refractivity (Wildman–Crippen MR) is 92.7 cm³/mol. The summed E-state index contributed by atoms with van der Waals surface area (Å²) < 4.78 is 0. The Morgan fingerprint density at radius 2 is 1.84 bits per heavy atom. The molecule has 1 fully saturated rings. The third kappa shape index (κ3) is 3.21. The Labute approximate surface area is 145 Å². The van der Waals surface area contributed by atoms with Gasteiger partial charge in [-0.3, -0.25) is 14.8 Å². The number of carbonyl (C=O) groups excluding carboxylic acids is 1. The highest BCUT2D eigenvalue weighted by atomic mass is 16.3. The van der Waals surface area contributed by atoms with Gasteiger partial charge in [0.15, 0.2) is 0 Å². The van der Waals surface area contributed by atoms with Crippen LogP contribution in [0, 0.1) is 5.92 Å². The first kappa shape index (κ1) is 15.7. The van der Waals surface area contributed by atoms with Gasteiger partial charge in [0.05, 0.1) is 35.1 Å². The third-order valence-electron chi connectivity index (χ3n) is 4.60. The van der Waals surface area contributed by atoms with E-state index in [4.69, 9.17) is 0 Å². The van der Waals surface area contributed by atoms with Gasteiger partial charge in [-0.25, -0.2) is 4.98 Å². The van der Waals surface area contributed by atoms with Gasteiger partial charge in [0.2, 0.25) is 0 Å². The van der Waals surface area contributed by atoms with Gasteiger partial charge in [0.1, 0.15) is 5.69 Å². The summed E-state index contributed by atoms with van der Waals surface area (Å²) in [7, 11) is 0. The number of para-hydroxylation sites is 2. The Morgan fingerprint density at radius 3 is 2.56 bits per heavy atom. The topological polar surface area (TPSA) is 88.0 Å². The molecule has 3 aromatic rings. The van der Waals surface area contributed by atoms with Crippen LogP contribution in [0.25, 0.3) is 11.0 Å². The zero-order chi connectivity index (χ0) is 17.2. The summed E-state index contributed by atoms with van der Waals surface area (Å²) >= 11 is 0. The van der Waals surface area contributed by atoms with E-state index in [1.54, 1.807) is 6.20 Å². The number of hydrogen-bond acceptors (Lipinski definition) is 5. The number of aliphatic hydroxyl groups is 1. The molecule has 2 heterocycles. The molecule has 0 unspecified atom stereocenters. The zero-order valence-corrected chi connectivity index (χ0v) is 13.5. The summed E-state index contributed by atoms with van der Waals surface area (Å²) in [6, 6.07) is 12.8. The summed E-state index contributed by atoms with van der Waals surface area (Å²) in [5.74, 6) is -0.113. The van der Waals surface area contributed by atoms with Crippen LogP contribution in [0.15, 0.2) is 54.9 Å². The van der Waals surface area contributed by atoms with Crippen LogP contribution < -0.4 is 5.32 Å². The second-order valence-electron chi connectivity index (χ2n) is 6.34. The fourth-order valence-corrected chi connectivity index (χ4v) is 3.18. The number of benzene rings is 1. The van der Waals surface area contributed by atoms with Gasteiger partial charge in [-0.15, -0.1) is 0 Å². The minimum atomic E-state index is -0.298. The number of nitrogens with zero attached hydrogens (tertiary/aromatic N) is 3. The highest BCUT2D eigenvalue weighted by molar-refractivity contribution is 5.94. The van der Waals surface area contributed by atoms with Crippen molar-refractivity contribution in [2.75, 3.05) is 0 Å². The lowest BCUT2D eigenvalue weighted by Crippen LogP contribution is -2.42. The average molecular weight is 334 g/mol. The second-order valence-corrected chi connectivity index (χ2v) is 6.34. The maximum atomic E-state index is 12.7. The molecular weight excluding hydrogens is 316 g/mol. The van der Waals surface area contributed by atoms with Gasteiger partial charge < -0.3 is 10.4 Å². The van der Waals surface area contributed by atoms with Crippen LogP contribution in [-0.2, 0) is 0 Å². The van der Waals surface area contributed by atoms with Gasteiger partial charge in [-0.2, -0.15) is 0 Å². The van der Waals surface area contributed by atoms with E-state index in [-0.39, 0.29) is 29.7 Å². The van der Waals surface area contributed by atoms with Crippen molar-refractivity contribution >= 4 is 16.9 Å². The van der Waals surface area contributed by atoms with E-state index in [0.717, 1.165) is 11.2 Å². The molecule has 1 aromatic carbocycles. The second kappa shape index (κ2) is 6.57. The van der Waals surface area contributed by atoms with E-state index in [2.05, 4.69) is 20.3 Å². The number of carbonyl (C=O) groups is 1. The molecule has 0 aliphatic heterocycles. The Hall–Kier alpha value is -2.86. The van der Waals surface area contributed by atoms with Crippen LogP contribution in [0.1, 0.15) is 35.1 Å². The largest absolute Gasteiger partial charge is 0.393 e. The molecule has 2 N–H and O–H groups in total. The lowest BCUT2D eigenvalue weighted by molar-refractivity contribution is 0.0227. The van der Waals surface area contributed by atoms with Crippen molar-refractivity contribution < 1.29 is 9.90 Å². The van der Waals surface area contributed by atoms with Crippen molar-refractivity contribution in [3.8, 4) is 0 Å². The summed E-state index contributed by atoms with van der Waals surface area (Å²) in [6.07, 6.45) is 4.21. The van der Waals surface area contributed by atoms with Crippen molar-refractivity contribution in [1.82, 2.24) is 20.3 Å². The Balaban J connectivity index is 1.59. The summed E-state index contributed by atoms with van der Waals surface area (Å²) in [5, 5.41) is 12.6. The maximum absolute atomic E-state index is 12.7. The Kier molecular flexibility index (Phi) is 4.11. The fourth-order valence-electron chi connectivity index (χ4n) is 3.18. The van der Waals surface area contributed by atoms with Gasteiger partial charge >= 0.3 is 0 Å². The molecule has 0 saturated heterocycles. The van der Waals surface area contributed by atoms with Crippen LogP contribution in [0.2, 0.25) is 0 Å². The fraction of sp³-hybridized carbons (Fsp3) is 0.263. The lowest BCUT2D eigenvalue weighted by atomic mass is 9.76. The first-order valence-corrected chi connectivity index (χ1v) is 8.32. The summed E-state index contributed by atoms with van der Waals surface area (Å²) in [6.45, 7) is 0. The molecule has 0 radical (unpaired) electrons. The van der Waals surface area contributed by atoms with E-state index in [1.165, 1.54) is 6.20 Å². The standard InChI is InChI=1S/C19H18N4O2/c24-13-9-12(10-13)18(16-7-3-4-8-20-16)23-19(25)17-11-21-14-5-1-2-6-15(14)22-17/h1-8,11-13,18,24H,9-10H2,(H,23,25)/t12?,13?,18-/m1/s1. The molecule has 2 aromatic heterocycles. The minimum Gasteiger partial charge on any atom is -0.393 e. The number of amides is 1. The number of hydrogen-bond donors (Lipinski definition) is 2. The van der Waals surface area contributed by atoms with E-state index in [1.807, 2.05) is 42.5 Å². The zero-order valence-electron chi connectivity index (χ0n) is 13.5. The lowest BCUT2D eigenvalue weighted by Gasteiger charge is -2.37. The number of nitrogens with one attached hydrogen (secondary N) is 1. The van der Waals surface area contributed by atoms with Crippen LogP contribution >= 0.6 is 0 Å². The number of aliphatic hydroxyl groups excluding tert-OH is 1. The normalized spacial score (nSPS) is 20.7. The number of fused-ring (bicyclic) bond motifs is 1. The molecule has 6 heteroatoms. The highest BCUT2D eigenvalue weighted by Crippen LogP contribution is 2.37. The van der Waals surface area contributed by atoms with Gasteiger partial charge in [0.25, 0.3) is 5.91 Å². The van der Waals surface area contributed by atoms with E-state index in [0.29, 0.717) is 18.4 Å². The molecule has 1 aliphatic rings. The van der Waals surface area contributed by atoms with Crippen molar-refractivity contribution in [3.05, 3.63) is 66.2 Å². The number of rotatable bonds is 4. The van der Waals surface area contributed by atoms with Gasteiger partial charge in [0, 0.05) is 6.20 Å². The Bertz CT molecular complexity index is 894.